The SMILES string of the molecule is [2H]c1c([2H])c(O)c([2H])c(C(F)(F)C([2H])([2H])[2H])c1[2H]. The molecule has 1 rings (SSSR count). The second-order valence-corrected chi connectivity index (χ2v) is 1.80. The fourth-order valence-corrected chi connectivity index (χ4v) is 0.491. The van der Waals surface area contributed by atoms with E-state index in [1.54, 1.807) is 0 Å². The predicted molar refractivity (Wildman–Crippen MR) is 37.7 cm³/mol. The van der Waals surface area contributed by atoms with E-state index in [1.807, 2.05) is 0 Å². The van der Waals surface area contributed by atoms with Gasteiger partial charge in [0.1, 0.15) is 5.75 Å². The van der Waals surface area contributed by atoms with Gasteiger partial charge >= 0.3 is 0 Å². The van der Waals surface area contributed by atoms with Crippen LogP contribution in [0.3, 0.4) is 0 Å². The number of phenolic OH excluding ortho intramolecular Hbond substituents is 1. The van der Waals surface area contributed by atoms with Gasteiger partial charge in [-0.15, -0.1) is 0 Å². The number of phenols is 1. The first-order chi connectivity index (χ1) is 7.93. The van der Waals surface area contributed by atoms with Crippen molar-refractivity contribution in [2.75, 3.05) is 0 Å². The van der Waals surface area contributed by atoms with Crippen LogP contribution in [-0.2, 0) is 5.92 Å². The molecule has 1 aromatic carbocycles. The van der Waals surface area contributed by atoms with Gasteiger partial charge in [0, 0.05) is 16.5 Å². The molecule has 1 aromatic rings. The molecule has 0 aliphatic carbocycles. The first kappa shape index (κ1) is 2.73. The summed E-state index contributed by atoms with van der Waals surface area (Å²) in [5.74, 6) is -5.79. The van der Waals surface area contributed by atoms with Crippen molar-refractivity contribution in [1.29, 1.82) is 0 Å². The third kappa shape index (κ3) is 1.90. The highest BCUT2D eigenvalue weighted by Crippen LogP contribution is 2.28. The predicted octanol–water partition coefficient (Wildman–Crippen LogP) is 2.50. The second kappa shape index (κ2) is 2.49. The highest BCUT2D eigenvalue weighted by atomic mass is 19.3. The van der Waals surface area contributed by atoms with Gasteiger partial charge in [-0.05, 0) is 12.1 Å². The quantitative estimate of drug-likeness (QED) is 0.677. The molecule has 0 saturated heterocycles. The van der Waals surface area contributed by atoms with Crippen LogP contribution in [0.2, 0.25) is 0 Å². The Morgan fingerprint density at radius 2 is 2.36 bits per heavy atom. The van der Waals surface area contributed by atoms with E-state index in [1.165, 1.54) is 0 Å². The minimum atomic E-state index is -4.55. The van der Waals surface area contributed by atoms with Crippen LogP contribution in [0.15, 0.2) is 24.2 Å². The number of halogens is 2. The normalized spacial score (nSPS) is 21.8. The van der Waals surface area contributed by atoms with E-state index in [2.05, 4.69) is 0 Å². The zero-order chi connectivity index (χ0) is 14.5. The number of hydrogen-bond acceptors (Lipinski definition) is 1. The topological polar surface area (TPSA) is 20.2 Å². The lowest BCUT2D eigenvalue weighted by atomic mass is 10.1. The van der Waals surface area contributed by atoms with Crippen LogP contribution in [0.5, 0.6) is 5.75 Å². The van der Waals surface area contributed by atoms with E-state index in [-0.39, 0.29) is 0 Å². The van der Waals surface area contributed by atoms with Crippen molar-refractivity contribution in [2.45, 2.75) is 12.8 Å². The molecule has 0 saturated carbocycles. The van der Waals surface area contributed by atoms with Crippen LogP contribution in [0.4, 0.5) is 8.78 Å². The van der Waals surface area contributed by atoms with Crippen LogP contribution in [0.25, 0.3) is 0 Å². The van der Waals surface area contributed by atoms with Crippen molar-refractivity contribution in [3.05, 3.63) is 29.7 Å². The van der Waals surface area contributed by atoms with E-state index in [0.29, 0.717) is 0 Å². The molecule has 0 bridgehead atoms. The van der Waals surface area contributed by atoms with Gasteiger partial charge in [-0.25, -0.2) is 8.78 Å². The van der Waals surface area contributed by atoms with Crippen molar-refractivity contribution in [1.82, 2.24) is 0 Å². The Hall–Kier alpha value is -1.12. The molecule has 60 valence electrons. The van der Waals surface area contributed by atoms with Crippen LogP contribution < -0.4 is 0 Å². The van der Waals surface area contributed by atoms with Gasteiger partial charge in [-0.1, -0.05) is 12.1 Å². The molecule has 0 atom stereocenters. The molecule has 0 spiro atoms. The maximum Gasteiger partial charge on any atom is 0.270 e. The van der Waals surface area contributed by atoms with E-state index in [9.17, 15) is 13.9 Å². The average molecular weight is 165 g/mol. The molecule has 11 heavy (non-hydrogen) atoms. The maximum atomic E-state index is 13.6. The van der Waals surface area contributed by atoms with E-state index < -0.39 is 48.3 Å². The molecule has 0 aliphatic heterocycles. The van der Waals surface area contributed by atoms with Crippen molar-refractivity contribution in [2.24, 2.45) is 0 Å². The summed E-state index contributed by atoms with van der Waals surface area (Å²) in [7, 11) is 0. The maximum absolute atomic E-state index is 13.6. The highest BCUT2D eigenvalue weighted by molar-refractivity contribution is 5.29. The summed E-state index contributed by atoms with van der Waals surface area (Å²) in [5.41, 5.74) is -1.57. The highest BCUT2D eigenvalue weighted by Gasteiger charge is 2.23. The van der Waals surface area contributed by atoms with Gasteiger partial charge in [-0.2, -0.15) is 0 Å². The number of aromatic hydroxyl groups is 1. The van der Waals surface area contributed by atoms with Crippen LogP contribution in [0, 0.1) is 0 Å². The van der Waals surface area contributed by atoms with Crippen molar-refractivity contribution in [3.63, 3.8) is 0 Å². The molecule has 0 radical (unpaired) electrons. The lowest BCUT2D eigenvalue weighted by molar-refractivity contribution is 0.0172. The third-order valence-corrected chi connectivity index (χ3v) is 0.926. The van der Waals surface area contributed by atoms with Crippen molar-refractivity contribution in [3.8, 4) is 5.75 Å². The molecule has 1 N–H and O–H groups in total. The van der Waals surface area contributed by atoms with Gasteiger partial charge in [0.25, 0.3) is 5.92 Å². The van der Waals surface area contributed by atoms with E-state index in [0.717, 1.165) is 0 Å². The Kier molecular flexibility index (Phi) is 0.619. The zero-order valence-electron chi connectivity index (χ0n) is 12.2. The lowest BCUT2D eigenvalue weighted by Crippen LogP contribution is -2.05. The zero-order valence-corrected chi connectivity index (χ0v) is 5.20. The van der Waals surface area contributed by atoms with Gasteiger partial charge in [0.2, 0.25) is 0 Å². The molecular formula is C8H8F2O. The molecule has 0 aliphatic rings. The second-order valence-electron chi connectivity index (χ2n) is 1.80. The molecule has 0 amide bonds. The van der Waals surface area contributed by atoms with Crippen LogP contribution in [0.1, 0.15) is 22.0 Å². The minimum absolute atomic E-state index is 0.963. The lowest BCUT2D eigenvalue weighted by Gasteiger charge is -2.09. The van der Waals surface area contributed by atoms with Gasteiger partial charge < -0.3 is 5.11 Å². The number of rotatable bonds is 1. The molecule has 0 aromatic heterocycles. The summed E-state index contributed by atoms with van der Waals surface area (Å²) in [6, 6.07) is -4.58. The minimum Gasteiger partial charge on any atom is -0.508 e. The third-order valence-electron chi connectivity index (χ3n) is 0.926. The Labute approximate surface area is 73.1 Å². The number of benzene rings is 1. The Bertz CT molecular complexity index is 468. The van der Waals surface area contributed by atoms with Crippen molar-refractivity contribution < 1.29 is 23.5 Å². The summed E-state index contributed by atoms with van der Waals surface area (Å²) in [6.45, 7) is -3.82. The average Bonchev–Trinajstić information content (AvgIpc) is 2.22. The first-order valence-electron chi connectivity index (χ1n) is 6.10. The fourth-order valence-electron chi connectivity index (χ4n) is 0.491. The Balaban J connectivity index is 3.72. The monoisotopic (exact) mass is 165 g/mol. The summed E-state index contributed by atoms with van der Waals surface area (Å²) < 4.78 is 76.0. The molecule has 3 heteroatoms. The van der Waals surface area contributed by atoms with Gasteiger partial charge in [-0.3, -0.25) is 0 Å². The van der Waals surface area contributed by atoms with Gasteiger partial charge in [0.05, 0.1) is 5.48 Å². The first-order valence-corrected chi connectivity index (χ1v) is 2.60. The summed E-state index contributed by atoms with van der Waals surface area (Å²) in [5, 5.41) is 9.23. The number of hydrogen-bond donors (Lipinski definition) is 1. The molecule has 0 fully saturated rings. The van der Waals surface area contributed by atoms with E-state index >= 15 is 0 Å². The molecule has 0 heterocycles. The Morgan fingerprint density at radius 1 is 1.64 bits per heavy atom. The largest absolute Gasteiger partial charge is 0.508 e. The van der Waals surface area contributed by atoms with Crippen LogP contribution in [-0.4, -0.2) is 5.11 Å². The number of alkyl halides is 2. The van der Waals surface area contributed by atoms with Gasteiger partial charge in [0.15, 0.2) is 0 Å². The molecular weight excluding hydrogens is 150 g/mol. The van der Waals surface area contributed by atoms with Crippen LogP contribution >= 0.6 is 0 Å². The van der Waals surface area contributed by atoms with E-state index in [4.69, 9.17) is 9.60 Å². The fraction of sp³-hybridized carbons (Fsp3) is 0.250. The summed E-state index contributed by atoms with van der Waals surface area (Å²) in [6.07, 6.45) is 0. The molecule has 0 unspecified atom stereocenters. The standard InChI is InChI=1S/C8H8F2O/c1-8(9,10)6-3-2-4-7(11)5-6/h2-5,11H,1H3/i1D3,2D,3D,4D,5D. The van der Waals surface area contributed by atoms with Crippen molar-refractivity contribution >= 4 is 0 Å². The summed E-state index contributed by atoms with van der Waals surface area (Å²) >= 11 is 0. The Morgan fingerprint density at radius 3 is 3.00 bits per heavy atom. The smallest absolute Gasteiger partial charge is 0.270 e. The molecule has 1 nitrogen and oxygen atoms in total. The summed E-state index contributed by atoms with van der Waals surface area (Å²) in [4.78, 5) is 0.